The Morgan fingerprint density at radius 1 is 1.09 bits per heavy atom. The van der Waals surface area contributed by atoms with E-state index in [1.165, 1.54) is 30.3 Å². The van der Waals surface area contributed by atoms with Gasteiger partial charge in [-0.25, -0.2) is 0 Å². The van der Waals surface area contributed by atoms with Crippen molar-refractivity contribution in [2.24, 2.45) is 17.6 Å². The Morgan fingerprint density at radius 3 is 2.27 bits per heavy atom. The molecule has 2 aromatic carbocycles. The Hall–Kier alpha value is -3.65. The number of nitro groups is 1. The Bertz CT molecular complexity index is 1070. The summed E-state index contributed by atoms with van der Waals surface area (Å²) in [6, 6.07) is 13.7. The minimum Gasteiger partial charge on any atom is -0.459 e. The van der Waals surface area contributed by atoms with Crippen molar-refractivity contribution in [3.63, 3.8) is 0 Å². The average Bonchev–Trinajstić information content (AvgIpc) is 2.76. The Labute approximate surface area is 192 Å². The highest BCUT2D eigenvalue weighted by atomic mass is 16.6. The number of nitrogens with zero attached hydrogens (tertiary/aromatic N) is 1. The lowest BCUT2D eigenvalue weighted by Gasteiger charge is -2.26. The molecule has 0 fully saturated rings. The molecule has 8 nitrogen and oxygen atoms in total. The van der Waals surface area contributed by atoms with Gasteiger partial charge in [-0.3, -0.25) is 24.5 Å². The van der Waals surface area contributed by atoms with Crippen LogP contribution < -0.4 is 5.73 Å². The maximum absolute atomic E-state index is 13.6. The first-order valence-electron chi connectivity index (χ1n) is 10.5. The van der Waals surface area contributed by atoms with E-state index in [0.717, 1.165) is 0 Å². The van der Waals surface area contributed by atoms with Crippen LogP contribution in [0.4, 0.5) is 5.69 Å². The molecule has 0 spiro atoms. The summed E-state index contributed by atoms with van der Waals surface area (Å²) in [5.41, 5.74) is 4.96. The smallest absolute Gasteiger partial charge is 0.317 e. The first kappa shape index (κ1) is 25.6. The second kappa shape index (κ2) is 10.8. The van der Waals surface area contributed by atoms with Gasteiger partial charge in [0, 0.05) is 17.7 Å². The molecular formula is C25H28N2O6. The molecule has 0 aliphatic heterocycles. The van der Waals surface area contributed by atoms with Crippen molar-refractivity contribution in [3.05, 3.63) is 81.4 Å². The zero-order valence-electron chi connectivity index (χ0n) is 19.1. The summed E-state index contributed by atoms with van der Waals surface area (Å²) in [6.45, 7) is 6.67. The number of ether oxygens (including phenoxy) is 1. The van der Waals surface area contributed by atoms with Crippen molar-refractivity contribution in [2.75, 3.05) is 6.54 Å². The predicted octanol–water partition coefficient (Wildman–Crippen LogP) is 3.98. The Balaban J connectivity index is 2.63. The van der Waals surface area contributed by atoms with E-state index >= 15 is 0 Å². The maximum Gasteiger partial charge on any atom is 0.317 e. The van der Waals surface area contributed by atoms with Crippen LogP contribution in [-0.2, 0) is 14.3 Å². The van der Waals surface area contributed by atoms with Crippen LogP contribution in [0.2, 0.25) is 0 Å². The van der Waals surface area contributed by atoms with Crippen molar-refractivity contribution < 1.29 is 24.0 Å². The van der Waals surface area contributed by atoms with E-state index in [1.807, 2.05) is 0 Å². The zero-order chi connectivity index (χ0) is 24.8. The van der Waals surface area contributed by atoms with Crippen LogP contribution in [0.25, 0.3) is 6.08 Å². The summed E-state index contributed by atoms with van der Waals surface area (Å²) in [5.74, 6) is -4.06. The molecule has 2 unspecified atom stereocenters. The molecule has 8 heteroatoms. The highest BCUT2D eigenvalue weighted by Gasteiger charge is 2.38. The van der Waals surface area contributed by atoms with Gasteiger partial charge in [0.2, 0.25) is 0 Å². The number of nitrogens with two attached hydrogens (primary N) is 1. The molecule has 2 rings (SSSR count). The highest BCUT2D eigenvalue weighted by molar-refractivity contribution is 6.31. The van der Waals surface area contributed by atoms with Gasteiger partial charge in [-0.1, -0.05) is 49.4 Å². The van der Waals surface area contributed by atoms with Gasteiger partial charge in [-0.15, -0.1) is 0 Å². The maximum atomic E-state index is 13.6. The fourth-order valence-corrected chi connectivity index (χ4v) is 3.16. The number of benzene rings is 2. The lowest BCUT2D eigenvalue weighted by Crippen LogP contribution is -2.40. The molecule has 0 radical (unpaired) electrons. The summed E-state index contributed by atoms with van der Waals surface area (Å²) in [4.78, 5) is 50.5. The molecule has 2 N–H and O–H groups in total. The number of esters is 1. The molecule has 0 aromatic heterocycles. The Kier molecular flexibility index (Phi) is 8.37. The predicted molar refractivity (Wildman–Crippen MR) is 124 cm³/mol. The first-order chi connectivity index (χ1) is 15.4. The van der Waals surface area contributed by atoms with Crippen LogP contribution >= 0.6 is 0 Å². The fourth-order valence-electron chi connectivity index (χ4n) is 3.16. The standard InChI is InChI=1S/C25H28N2O6/c1-16(15-26)21(24(30)33-25(2,3)4)23(29)20(22(28)18-10-6-5-7-11-18)14-17-9-8-12-19(13-17)27(31)32/h5-14,16,21H,15,26H2,1-4H3. The number of carbonyl (C=O) groups is 3. The molecule has 33 heavy (non-hydrogen) atoms. The van der Waals surface area contributed by atoms with Gasteiger partial charge in [-0.2, -0.15) is 0 Å². The molecule has 174 valence electrons. The average molecular weight is 453 g/mol. The van der Waals surface area contributed by atoms with Crippen LogP contribution in [0.5, 0.6) is 0 Å². The summed E-state index contributed by atoms with van der Waals surface area (Å²) in [6.07, 6.45) is 1.27. The molecule has 0 bridgehead atoms. The number of ketones is 2. The van der Waals surface area contributed by atoms with E-state index in [4.69, 9.17) is 10.5 Å². The van der Waals surface area contributed by atoms with Gasteiger partial charge in [0.05, 0.1) is 10.5 Å². The summed E-state index contributed by atoms with van der Waals surface area (Å²) >= 11 is 0. The number of hydrogen-bond donors (Lipinski definition) is 1. The lowest BCUT2D eigenvalue weighted by molar-refractivity contribution is -0.384. The number of non-ortho nitro benzene ring substituents is 1. The van der Waals surface area contributed by atoms with Gasteiger partial charge < -0.3 is 10.5 Å². The zero-order valence-corrected chi connectivity index (χ0v) is 19.1. The van der Waals surface area contributed by atoms with Crippen molar-refractivity contribution >= 4 is 29.3 Å². The molecule has 0 aliphatic carbocycles. The number of carbonyl (C=O) groups excluding carboxylic acids is 3. The summed E-state index contributed by atoms with van der Waals surface area (Å²) in [5, 5.41) is 11.2. The number of nitro benzene ring substituents is 1. The molecule has 0 amide bonds. The molecular weight excluding hydrogens is 424 g/mol. The quantitative estimate of drug-likeness (QED) is 0.116. The molecule has 0 heterocycles. The number of hydrogen-bond acceptors (Lipinski definition) is 7. The van der Waals surface area contributed by atoms with E-state index in [9.17, 15) is 24.5 Å². The third kappa shape index (κ3) is 6.92. The highest BCUT2D eigenvalue weighted by Crippen LogP contribution is 2.26. The number of Topliss-reactive ketones (excluding diaryl/α,β-unsaturated/α-hetero) is 2. The van der Waals surface area contributed by atoms with E-state index in [2.05, 4.69) is 0 Å². The van der Waals surface area contributed by atoms with E-state index in [0.29, 0.717) is 0 Å². The largest absolute Gasteiger partial charge is 0.459 e. The van der Waals surface area contributed by atoms with Crippen molar-refractivity contribution in [3.8, 4) is 0 Å². The molecule has 0 aliphatic rings. The van der Waals surface area contributed by atoms with Crippen molar-refractivity contribution in [2.45, 2.75) is 33.3 Å². The number of rotatable bonds is 9. The van der Waals surface area contributed by atoms with Crippen molar-refractivity contribution in [1.29, 1.82) is 0 Å². The van der Waals surface area contributed by atoms with Crippen LogP contribution in [0.3, 0.4) is 0 Å². The second-order valence-electron chi connectivity index (χ2n) is 8.69. The monoisotopic (exact) mass is 452 g/mol. The van der Waals surface area contributed by atoms with Gasteiger partial charge in [0.25, 0.3) is 5.69 Å². The van der Waals surface area contributed by atoms with Crippen LogP contribution in [0.1, 0.15) is 43.6 Å². The van der Waals surface area contributed by atoms with Crippen molar-refractivity contribution in [1.82, 2.24) is 0 Å². The minimum absolute atomic E-state index is 0.0132. The first-order valence-corrected chi connectivity index (χ1v) is 10.5. The van der Waals surface area contributed by atoms with Gasteiger partial charge in [0.15, 0.2) is 11.6 Å². The van der Waals surface area contributed by atoms with Crippen LogP contribution in [-0.4, -0.2) is 34.6 Å². The third-order valence-corrected chi connectivity index (χ3v) is 4.82. The topological polar surface area (TPSA) is 130 Å². The lowest BCUT2D eigenvalue weighted by atomic mass is 9.83. The molecule has 2 atom stereocenters. The normalized spacial score (nSPS) is 13.7. The second-order valence-corrected chi connectivity index (χ2v) is 8.69. The third-order valence-electron chi connectivity index (χ3n) is 4.82. The van der Waals surface area contributed by atoms with E-state index in [1.54, 1.807) is 58.0 Å². The van der Waals surface area contributed by atoms with E-state index < -0.39 is 39.9 Å². The van der Waals surface area contributed by atoms with Crippen LogP contribution in [0.15, 0.2) is 60.2 Å². The van der Waals surface area contributed by atoms with Crippen LogP contribution in [0, 0.1) is 22.0 Å². The van der Waals surface area contributed by atoms with E-state index in [-0.39, 0.29) is 28.9 Å². The minimum atomic E-state index is -1.31. The SMILES string of the molecule is CC(CN)C(C(=O)OC(C)(C)C)C(=O)C(=Cc1cccc([N+](=O)[O-])c1)C(=O)c1ccccc1. The summed E-state index contributed by atoms with van der Waals surface area (Å²) in [7, 11) is 0. The molecule has 0 saturated carbocycles. The molecule has 2 aromatic rings. The Morgan fingerprint density at radius 2 is 1.73 bits per heavy atom. The van der Waals surface area contributed by atoms with Gasteiger partial charge in [0.1, 0.15) is 11.5 Å². The van der Waals surface area contributed by atoms with Gasteiger partial charge >= 0.3 is 5.97 Å². The molecule has 0 saturated heterocycles. The number of allylic oxidation sites excluding steroid dienone is 1. The van der Waals surface area contributed by atoms with Gasteiger partial charge in [-0.05, 0) is 44.9 Å². The summed E-state index contributed by atoms with van der Waals surface area (Å²) < 4.78 is 5.44. The fraction of sp³-hybridized carbons (Fsp3) is 0.320.